The number of sulfonamides is 1. The van der Waals surface area contributed by atoms with Crippen LogP contribution in [0.3, 0.4) is 0 Å². The van der Waals surface area contributed by atoms with Crippen LogP contribution in [0.5, 0.6) is 0 Å². The molecule has 2 aromatic carbocycles. The van der Waals surface area contributed by atoms with Crippen molar-refractivity contribution >= 4 is 27.6 Å². The number of rotatable bonds is 8. The van der Waals surface area contributed by atoms with Crippen molar-refractivity contribution in [2.24, 2.45) is 0 Å². The van der Waals surface area contributed by atoms with Crippen LogP contribution in [0.25, 0.3) is 0 Å². The van der Waals surface area contributed by atoms with E-state index in [9.17, 15) is 18.0 Å². The van der Waals surface area contributed by atoms with Crippen molar-refractivity contribution in [2.75, 3.05) is 31.1 Å². The molecule has 0 N–H and O–H groups in total. The zero-order chi connectivity index (χ0) is 24.7. The van der Waals surface area contributed by atoms with Gasteiger partial charge >= 0.3 is 5.97 Å². The molecule has 180 valence electrons. The molecule has 0 aromatic heterocycles. The first-order valence-electron chi connectivity index (χ1n) is 11.3. The van der Waals surface area contributed by atoms with Crippen LogP contribution in [0, 0.1) is 25.2 Å². The highest BCUT2D eigenvalue weighted by Crippen LogP contribution is 2.22. The van der Waals surface area contributed by atoms with Gasteiger partial charge < -0.3 is 9.64 Å². The molecule has 1 amide bonds. The van der Waals surface area contributed by atoms with Crippen molar-refractivity contribution in [1.82, 2.24) is 4.31 Å². The van der Waals surface area contributed by atoms with Gasteiger partial charge in [-0.25, -0.2) is 13.2 Å². The van der Waals surface area contributed by atoms with Crippen LogP contribution >= 0.6 is 0 Å². The number of nitrogens with zero attached hydrogens (tertiary/aromatic N) is 3. The molecule has 0 aliphatic carbocycles. The molecule has 34 heavy (non-hydrogen) atoms. The van der Waals surface area contributed by atoms with E-state index in [1.165, 1.54) is 33.5 Å². The minimum absolute atomic E-state index is 0.0288. The number of hydrogen-bond acceptors (Lipinski definition) is 6. The summed E-state index contributed by atoms with van der Waals surface area (Å²) < 4.78 is 32.5. The summed E-state index contributed by atoms with van der Waals surface area (Å²) in [5.41, 5.74) is 2.62. The maximum atomic E-state index is 12.9. The van der Waals surface area contributed by atoms with Crippen LogP contribution in [0.15, 0.2) is 47.4 Å². The number of carbonyl (C=O) groups excluding carboxylic acids is 2. The maximum absolute atomic E-state index is 12.9. The predicted molar refractivity (Wildman–Crippen MR) is 128 cm³/mol. The highest BCUT2D eigenvalue weighted by Gasteiger charge is 2.27. The maximum Gasteiger partial charge on any atom is 0.338 e. The molecule has 0 radical (unpaired) electrons. The number of benzene rings is 2. The second-order valence-corrected chi connectivity index (χ2v) is 10.3. The number of aryl methyl sites for hydroxylation is 2. The first-order chi connectivity index (χ1) is 16.2. The lowest BCUT2D eigenvalue weighted by atomic mass is 10.1. The highest BCUT2D eigenvalue weighted by atomic mass is 32.2. The molecule has 0 unspecified atom stereocenters. The Kier molecular flexibility index (Phi) is 8.42. The molecule has 8 nitrogen and oxygen atoms in total. The number of amides is 1. The summed E-state index contributed by atoms with van der Waals surface area (Å²) in [5, 5.41) is 8.98. The molecular formula is C25H29N3O5S. The van der Waals surface area contributed by atoms with Gasteiger partial charge in [0.1, 0.15) is 0 Å². The fourth-order valence-corrected chi connectivity index (χ4v) is 5.56. The summed E-state index contributed by atoms with van der Waals surface area (Å²) in [6.07, 6.45) is 2.75. The van der Waals surface area contributed by atoms with Gasteiger partial charge in [0, 0.05) is 25.3 Å². The molecule has 1 aliphatic heterocycles. The normalized spacial score (nSPS) is 14.3. The summed E-state index contributed by atoms with van der Waals surface area (Å²) >= 11 is 0. The van der Waals surface area contributed by atoms with Crippen LogP contribution in [0.2, 0.25) is 0 Å². The van der Waals surface area contributed by atoms with Crippen molar-refractivity contribution in [1.29, 1.82) is 5.26 Å². The van der Waals surface area contributed by atoms with Gasteiger partial charge in [0.2, 0.25) is 10.0 Å². The number of ether oxygens (including phenoxy) is 1. The van der Waals surface area contributed by atoms with Crippen molar-refractivity contribution in [3.63, 3.8) is 0 Å². The third kappa shape index (κ3) is 6.22. The average molecular weight is 484 g/mol. The molecule has 1 aliphatic rings. The van der Waals surface area contributed by atoms with E-state index in [1.54, 1.807) is 0 Å². The molecule has 1 saturated heterocycles. The van der Waals surface area contributed by atoms with Gasteiger partial charge in [-0.1, -0.05) is 18.6 Å². The van der Waals surface area contributed by atoms with E-state index in [4.69, 9.17) is 10.00 Å². The quantitative estimate of drug-likeness (QED) is 0.531. The van der Waals surface area contributed by atoms with Crippen LogP contribution in [0.1, 0.15) is 47.2 Å². The second-order valence-electron chi connectivity index (χ2n) is 8.37. The second kappa shape index (κ2) is 11.3. The summed E-state index contributed by atoms with van der Waals surface area (Å²) in [6, 6.07) is 13.4. The molecule has 9 heteroatoms. The Labute approximate surface area is 200 Å². The lowest BCUT2D eigenvalue weighted by Crippen LogP contribution is -2.36. The largest absolute Gasteiger partial charge is 0.452 e. The molecule has 0 bridgehead atoms. The van der Waals surface area contributed by atoms with Crippen LogP contribution in [-0.2, 0) is 19.6 Å². The Balaban J connectivity index is 1.72. The highest BCUT2D eigenvalue weighted by molar-refractivity contribution is 7.89. The Bertz CT molecular complexity index is 1180. The fourth-order valence-electron chi connectivity index (χ4n) is 3.99. The zero-order valence-electron chi connectivity index (χ0n) is 19.5. The molecule has 1 heterocycles. The van der Waals surface area contributed by atoms with E-state index in [-0.39, 0.29) is 23.4 Å². The summed E-state index contributed by atoms with van der Waals surface area (Å²) in [6.45, 7) is 4.38. The van der Waals surface area contributed by atoms with E-state index in [0.29, 0.717) is 18.8 Å². The van der Waals surface area contributed by atoms with Crippen LogP contribution < -0.4 is 4.90 Å². The molecule has 0 saturated carbocycles. The van der Waals surface area contributed by atoms with E-state index >= 15 is 0 Å². The summed E-state index contributed by atoms with van der Waals surface area (Å²) in [5.74, 6) is -1.25. The number of anilines is 1. The number of carbonyl (C=O) groups is 2. The lowest BCUT2D eigenvalue weighted by molar-refractivity contribution is -0.121. The minimum atomic E-state index is -3.70. The molecule has 0 atom stereocenters. The predicted octanol–water partition coefficient (Wildman–Crippen LogP) is 3.58. The Morgan fingerprint density at radius 3 is 2.38 bits per heavy atom. The minimum Gasteiger partial charge on any atom is -0.452 e. The molecule has 2 aromatic rings. The molecular weight excluding hydrogens is 454 g/mol. The standard InChI is InChI=1S/C25H29N3O5S/c1-19-14-20(2)16-22(15-19)28(13-7-10-26)24(29)18-33-25(30)21-8-6-9-23(17-21)34(31,32)27-11-4-3-5-12-27/h6,8-9,14-17H,3-5,7,11-13,18H2,1-2H3. The van der Waals surface area contributed by atoms with Crippen LogP contribution in [-0.4, -0.2) is 50.8 Å². The van der Waals surface area contributed by atoms with Gasteiger partial charge in [0.05, 0.1) is 22.9 Å². The number of piperidine rings is 1. The molecule has 0 spiro atoms. The van der Waals surface area contributed by atoms with Gasteiger partial charge in [0.25, 0.3) is 5.91 Å². The Hall–Kier alpha value is -3.22. The van der Waals surface area contributed by atoms with Gasteiger partial charge in [-0.05, 0) is 68.1 Å². The average Bonchev–Trinajstić information content (AvgIpc) is 2.83. The van der Waals surface area contributed by atoms with Crippen molar-refractivity contribution < 1.29 is 22.7 Å². The first kappa shape index (κ1) is 25.4. The van der Waals surface area contributed by atoms with Crippen molar-refractivity contribution in [2.45, 2.75) is 44.4 Å². The van der Waals surface area contributed by atoms with E-state index in [0.717, 1.165) is 30.4 Å². The Morgan fingerprint density at radius 2 is 1.74 bits per heavy atom. The molecule has 1 fully saturated rings. The smallest absolute Gasteiger partial charge is 0.338 e. The third-order valence-corrected chi connectivity index (χ3v) is 7.51. The zero-order valence-corrected chi connectivity index (χ0v) is 20.3. The van der Waals surface area contributed by atoms with E-state index < -0.39 is 28.5 Å². The number of hydrogen-bond donors (Lipinski definition) is 0. The summed E-state index contributed by atoms with van der Waals surface area (Å²) in [4.78, 5) is 27.0. The fraction of sp³-hybridized carbons (Fsp3) is 0.400. The Morgan fingerprint density at radius 1 is 1.06 bits per heavy atom. The van der Waals surface area contributed by atoms with Crippen LogP contribution in [0.4, 0.5) is 5.69 Å². The van der Waals surface area contributed by atoms with Gasteiger partial charge in [0.15, 0.2) is 6.61 Å². The van der Waals surface area contributed by atoms with Crippen molar-refractivity contribution in [3.8, 4) is 6.07 Å². The van der Waals surface area contributed by atoms with Gasteiger partial charge in [-0.3, -0.25) is 4.79 Å². The molecule has 3 rings (SSSR count). The third-order valence-electron chi connectivity index (χ3n) is 5.62. The lowest BCUT2D eigenvalue weighted by Gasteiger charge is -2.26. The van der Waals surface area contributed by atoms with Gasteiger partial charge in [-0.15, -0.1) is 0 Å². The van der Waals surface area contributed by atoms with Gasteiger partial charge in [-0.2, -0.15) is 9.57 Å². The van der Waals surface area contributed by atoms with E-state index in [1.807, 2.05) is 38.1 Å². The van der Waals surface area contributed by atoms with Crippen molar-refractivity contribution in [3.05, 3.63) is 59.2 Å². The monoisotopic (exact) mass is 483 g/mol. The SMILES string of the molecule is Cc1cc(C)cc(N(CCC#N)C(=O)COC(=O)c2cccc(S(=O)(=O)N3CCCCC3)c2)c1. The topological polar surface area (TPSA) is 108 Å². The first-order valence-corrected chi connectivity index (χ1v) is 12.7. The van der Waals surface area contributed by atoms with E-state index in [2.05, 4.69) is 0 Å². The summed E-state index contributed by atoms with van der Waals surface area (Å²) in [7, 11) is -3.70. The number of esters is 1. The number of nitriles is 1.